The quantitative estimate of drug-likeness (QED) is 0.835. The largest absolute Gasteiger partial charge is 0.505 e. The number of hydrogen-bond donors (Lipinski definition) is 2. The summed E-state index contributed by atoms with van der Waals surface area (Å²) < 4.78 is 31.7. The lowest BCUT2D eigenvalue weighted by molar-refractivity contribution is 0.386. The molecule has 2 aromatic rings. The summed E-state index contributed by atoms with van der Waals surface area (Å²) in [7, 11) is 1.40. The van der Waals surface area contributed by atoms with Gasteiger partial charge in [-0.3, -0.25) is 0 Å². The lowest BCUT2D eigenvalue weighted by Gasteiger charge is -2.16. The normalized spacial score (nSPS) is 12.0. The molecule has 0 bridgehead atoms. The Kier molecular flexibility index (Phi) is 4.08. The monoisotopic (exact) mass is 279 g/mol. The van der Waals surface area contributed by atoms with E-state index in [0.29, 0.717) is 11.3 Å². The zero-order valence-corrected chi connectivity index (χ0v) is 11.2. The number of ether oxygens (including phenoxy) is 1. The molecule has 2 aromatic carbocycles. The number of anilines is 1. The summed E-state index contributed by atoms with van der Waals surface area (Å²) in [6, 6.07) is 8.42. The first kappa shape index (κ1) is 14.1. The highest BCUT2D eigenvalue weighted by Crippen LogP contribution is 2.26. The van der Waals surface area contributed by atoms with Gasteiger partial charge in [0.1, 0.15) is 0 Å². The van der Waals surface area contributed by atoms with Crippen molar-refractivity contribution in [2.24, 2.45) is 0 Å². The van der Waals surface area contributed by atoms with Crippen LogP contribution in [0.15, 0.2) is 36.4 Å². The fourth-order valence-corrected chi connectivity index (χ4v) is 1.88. The molecule has 0 saturated carbocycles. The number of hydrogen-bond acceptors (Lipinski definition) is 3. The van der Waals surface area contributed by atoms with Gasteiger partial charge < -0.3 is 15.2 Å². The first-order valence-corrected chi connectivity index (χ1v) is 6.09. The highest BCUT2D eigenvalue weighted by atomic mass is 19.1. The Balaban J connectivity index is 2.17. The number of halogens is 2. The molecule has 0 spiro atoms. The van der Waals surface area contributed by atoms with Gasteiger partial charge in [0.05, 0.1) is 7.11 Å². The van der Waals surface area contributed by atoms with Crippen molar-refractivity contribution >= 4 is 5.69 Å². The van der Waals surface area contributed by atoms with Gasteiger partial charge in [-0.15, -0.1) is 0 Å². The van der Waals surface area contributed by atoms with E-state index >= 15 is 0 Å². The van der Waals surface area contributed by atoms with E-state index in [1.807, 2.05) is 6.92 Å². The van der Waals surface area contributed by atoms with Gasteiger partial charge in [0.2, 0.25) is 0 Å². The Bertz CT molecular complexity index is 617. The first-order valence-electron chi connectivity index (χ1n) is 6.09. The minimum Gasteiger partial charge on any atom is -0.505 e. The van der Waals surface area contributed by atoms with Gasteiger partial charge in [0.15, 0.2) is 23.1 Å². The molecule has 0 radical (unpaired) electrons. The Hall–Kier alpha value is -2.30. The molecule has 1 unspecified atom stereocenters. The number of phenolic OH excluding ortho intramolecular Hbond substituents is 1. The Morgan fingerprint density at radius 1 is 1.10 bits per heavy atom. The number of methoxy groups -OCH3 is 1. The topological polar surface area (TPSA) is 41.5 Å². The van der Waals surface area contributed by atoms with Crippen LogP contribution in [0.1, 0.15) is 18.5 Å². The van der Waals surface area contributed by atoms with Crippen LogP contribution in [0.5, 0.6) is 11.5 Å². The molecule has 20 heavy (non-hydrogen) atoms. The smallest absolute Gasteiger partial charge is 0.166 e. The molecule has 2 N–H and O–H groups in total. The van der Waals surface area contributed by atoms with Gasteiger partial charge in [-0.05, 0) is 36.8 Å². The fourth-order valence-electron chi connectivity index (χ4n) is 1.88. The van der Waals surface area contributed by atoms with Crippen molar-refractivity contribution in [2.45, 2.75) is 13.0 Å². The molecule has 0 heterocycles. The van der Waals surface area contributed by atoms with E-state index in [4.69, 9.17) is 9.84 Å². The summed E-state index contributed by atoms with van der Waals surface area (Å²) in [4.78, 5) is 0. The zero-order valence-electron chi connectivity index (χ0n) is 11.2. The van der Waals surface area contributed by atoms with Crippen LogP contribution in [-0.4, -0.2) is 12.2 Å². The van der Waals surface area contributed by atoms with Crippen LogP contribution in [-0.2, 0) is 0 Å². The second-order valence-electron chi connectivity index (χ2n) is 4.43. The molecule has 0 aliphatic carbocycles. The van der Waals surface area contributed by atoms with E-state index in [2.05, 4.69) is 5.32 Å². The van der Waals surface area contributed by atoms with Crippen LogP contribution < -0.4 is 10.1 Å². The minimum absolute atomic E-state index is 0.177. The highest BCUT2D eigenvalue weighted by Gasteiger charge is 2.10. The maximum absolute atomic E-state index is 13.6. The summed E-state index contributed by atoms with van der Waals surface area (Å²) in [5.74, 6) is -1.38. The number of aromatic hydroxyl groups is 1. The third-order valence-electron chi connectivity index (χ3n) is 3.01. The van der Waals surface area contributed by atoms with E-state index in [9.17, 15) is 8.78 Å². The SMILES string of the molecule is COc1ccc(C(C)Nc2ccc(O)c(F)c2)cc1F. The third kappa shape index (κ3) is 2.99. The highest BCUT2D eigenvalue weighted by molar-refractivity contribution is 5.49. The molecule has 106 valence electrons. The van der Waals surface area contributed by atoms with Crippen LogP contribution in [0.4, 0.5) is 14.5 Å². The van der Waals surface area contributed by atoms with E-state index < -0.39 is 17.4 Å². The summed E-state index contributed by atoms with van der Waals surface area (Å²) in [5.41, 5.74) is 1.21. The van der Waals surface area contributed by atoms with Crippen LogP contribution in [0.3, 0.4) is 0 Å². The van der Waals surface area contributed by atoms with Gasteiger partial charge in [-0.1, -0.05) is 6.07 Å². The number of benzene rings is 2. The first-order chi connectivity index (χ1) is 9.51. The van der Waals surface area contributed by atoms with E-state index in [1.165, 1.54) is 25.3 Å². The van der Waals surface area contributed by atoms with E-state index in [-0.39, 0.29) is 11.8 Å². The predicted molar refractivity (Wildman–Crippen MR) is 73.1 cm³/mol. The fraction of sp³-hybridized carbons (Fsp3) is 0.200. The van der Waals surface area contributed by atoms with E-state index in [0.717, 1.165) is 0 Å². The minimum atomic E-state index is -0.705. The number of phenols is 1. The Labute approximate surface area is 115 Å². The molecular weight excluding hydrogens is 264 g/mol. The van der Waals surface area contributed by atoms with Crippen LogP contribution in [0.2, 0.25) is 0 Å². The van der Waals surface area contributed by atoms with Gasteiger partial charge in [-0.25, -0.2) is 8.78 Å². The van der Waals surface area contributed by atoms with E-state index in [1.54, 1.807) is 18.2 Å². The van der Waals surface area contributed by atoms with Crippen LogP contribution >= 0.6 is 0 Å². The summed E-state index contributed by atoms with van der Waals surface area (Å²) in [6.07, 6.45) is 0. The molecule has 0 fully saturated rings. The molecule has 0 aliphatic rings. The van der Waals surface area contributed by atoms with Gasteiger partial charge in [-0.2, -0.15) is 0 Å². The molecule has 1 atom stereocenters. The van der Waals surface area contributed by atoms with Gasteiger partial charge >= 0.3 is 0 Å². The third-order valence-corrected chi connectivity index (χ3v) is 3.01. The number of nitrogens with one attached hydrogen (secondary N) is 1. The Morgan fingerprint density at radius 3 is 2.45 bits per heavy atom. The molecule has 2 rings (SSSR count). The molecule has 5 heteroatoms. The average Bonchev–Trinajstić information content (AvgIpc) is 2.42. The Morgan fingerprint density at radius 2 is 1.85 bits per heavy atom. The van der Waals surface area contributed by atoms with Crippen LogP contribution in [0.25, 0.3) is 0 Å². The summed E-state index contributed by atoms with van der Waals surface area (Å²) >= 11 is 0. The molecule has 0 amide bonds. The van der Waals surface area contributed by atoms with Crippen molar-refractivity contribution < 1.29 is 18.6 Å². The standard InChI is InChI=1S/C15H15F2NO2/c1-9(10-3-6-15(20-2)13(17)7-10)18-11-4-5-14(19)12(16)8-11/h3-9,18-19H,1-2H3. The zero-order chi connectivity index (χ0) is 14.7. The number of rotatable bonds is 4. The molecular formula is C15H15F2NO2. The van der Waals surface area contributed by atoms with Crippen molar-refractivity contribution in [2.75, 3.05) is 12.4 Å². The maximum Gasteiger partial charge on any atom is 0.166 e. The van der Waals surface area contributed by atoms with Crippen molar-refractivity contribution in [3.8, 4) is 11.5 Å². The maximum atomic E-state index is 13.6. The predicted octanol–water partition coefficient (Wildman–Crippen LogP) is 3.85. The molecule has 0 aliphatic heterocycles. The molecule has 0 saturated heterocycles. The van der Waals surface area contributed by atoms with Gasteiger partial charge in [0, 0.05) is 17.8 Å². The van der Waals surface area contributed by atoms with Crippen molar-refractivity contribution in [1.29, 1.82) is 0 Å². The lowest BCUT2D eigenvalue weighted by Crippen LogP contribution is -2.07. The summed E-state index contributed by atoms with van der Waals surface area (Å²) in [6.45, 7) is 1.83. The summed E-state index contributed by atoms with van der Waals surface area (Å²) in [5, 5.41) is 12.2. The van der Waals surface area contributed by atoms with Crippen LogP contribution in [0, 0.1) is 11.6 Å². The second kappa shape index (κ2) is 5.77. The van der Waals surface area contributed by atoms with Crippen molar-refractivity contribution in [3.05, 3.63) is 53.6 Å². The molecule has 3 nitrogen and oxygen atoms in total. The van der Waals surface area contributed by atoms with Crippen molar-refractivity contribution in [3.63, 3.8) is 0 Å². The average molecular weight is 279 g/mol. The van der Waals surface area contributed by atoms with Crippen molar-refractivity contribution in [1.82, 2.24) is 0 Å². The second-order valence-corrected chi connectivity index (χ2v) is 4.43. The molecule has 0 aromatic heterocycles. The van der Waals surface area contributed by atoms with Gasteiger partial charge in [0.25, 0.3) is 0 Å². The lowest BCUT2D eigenvalue weighted by atomic mass is 10.1.